The molecule has 0 bridgehead atoms. The van der Waals surface area contributed by atoms with Crippen LogP contribution in [-0.2, 0) is 17.9 Å². The number of nitro groups is 1. The Hall–Kier alpha value is -3.60. The molecule has 4 rings (SSSR count). The number of halogens is 3. The molecule has 0 saturated carbocycles. The van der Waals surface area contributed by atoms with Crippen LogP contribution < -0.4 is 9.47 Å². The Bertz CT molecular complexity index is 1080. The third-order valence-corrected chi connectivity index (χ3v) is 4.55. The Morgan fingerprint density at radius 3 is 2.68 bits per heavy atom. The minimum atomic E-state index is -4.73. The van der Waals surface area contributed by atoms with Crippen molar-refractivity contribution in [3.05, 3.63) is 70.4 Å². The van der Waals surface area contributed by atoms with Crippen LogP contribution in [0, 0.1) is 10.1 Å². The molecule has 0 unspecified atom stereocenters. The van der Waals surface area contributed by atoms with E-state index in [-0.39, 0.29) is 36.9 Å². The molecule has 2 heterocycles. The highest BCUT2D eigenvalue weighted by Crippen LogP contribution is 2.27. The molecule has 11 heteroatoms. The Morgan fingerprint density at radius 2 is 1.97 bits per heavy atom. The van der Waals surface area contributed by atoms with Crippen molar-refractivity contribution in [2.24, 2.45) is 0 Å². The second kappa shape index (κ2) is 8.26. The fourth-order valence-electron chi connectivity index (χ4n) is 3.16. The predicted molar refractivity (Wildman–Crippen MR) is 102 cm³/mol. The van der Waals surface area contributed by atoms with Crippen LogP contribution in [0.1, 0.15) is 5.56 Å². The van der Waals surface area contributed by atoms with Crippen molar-refractivity contribution in [3.63, 3.8) is 0 Å². The second-order valence-electron chi connectivity index (χ2n) is 6.81. The summed E-state index contributed by atoms with van der Waals surface area (Å²) in [4.78, 5) is 14.0. The van der Waals surface area contributed by atoms with Gasteiger partial charge in [-0.3, -0.25) is 4.57 Å². The van der Waals surface area contributed by atoms with Gasteiger partial charge in [0.2, 0.25) is 0 Å². The van der Waals surface area contributed by atoms with Crippen LogP contribution in [0.15, 0.2) is 54.7 Å². The average Bonchev–Trinajstić information content (AvgIpc) is 3.16. The van der Waals surface area contributed by atoms with E-state index in [1.54, 1.807) is 12.1 Å². The zero-order valence-electron chi connectivity index (χ0n) is 15.9. The lowest BCUT2D eigenvalue weighted by Crippen LogP contribution is -2.32. The lowest BCUT2D eigenvalue weighted by Gasteiger charge is -2.22. The van der Waals surface area contributed by atoms with E-state index in [1.165, 1.54) is 22.9 Å². The second-order valence-corrected chi connectivity index (χ2v) is 6.81. The summed E-state index contributed by atoms with van der Waals surface area (Å²) < 4.78 is 53.6. The monoisotopic (exact) mass is 435 g/mol. The van der Waals surface area contributed by atoms with E-state index in [9.17, 15) is 23.3 Å². The Labute approximate surface area is 173 Å². The van der Waals surface area contributed by atoms with Crippen molar-refractivity contribution < 1.29 is 32.3 Å². The molecule has 1 aliphatic rings. The van der Waals surface area contributed by atoms with Gasteiger partial charge >= 0.3 is 18.2 Å². The van der Waals surface area contributed by atoms with E-state index >= 15 is 0 Å². The van der Waals surface area contributed by atoms with Crippen LogP contribution in [-0.4, -0.2) is 33.5 Å². The standard InChI is InChI=1S/C20H16F3N3O5/c21-20(22,23)31-16-6-4-14(5-7-16)15-3-1-2-13(8-15)11-29-17-9-25-10-18(26(27)28)24-19(25)30-12-17/h1-8,10,17H,9,11-12H2/t17-/m1/s1. The number of imidazole rings is 1. The van der Waals surface area contributed by atoms with Crippen LogP contribution in [0.5, 0.6) is 11.8 Å². The summed E-state index contributed by atoms with van der Waals surface area (Å²) in [6, 6.07) is 13.2. The van der Waals surface area contributed by atoms with Crippen molar-refractivity contribution in [2.75, 3.05) is 6.61 Å². The molecular formula is C20H16F3N3O5. The summed E-state index contributed by atoms with van der Waals surface area (Å²) >= 11 is 0. The van der Waals surface area contributed by atoms with Gasteiger partial charge in [0, 0.05) is 4.98 Å². The fraction of sp³-hybridized carbons (Fsp3) is 0.250. The van der Waals surface area contributed by atoms with Crippen LogP contribution in [0.2, 0.25) is 0 Å². The summed E-state index contributed by atoms with van der Waals surface area (Å²) in [7, 11) is 0. The van der Waals surface area contributed by atoms with Crippen LogP contribution in [0.4, 0.5) is 19.0 Å². The Kier molecular flexibility index (Phi) is 5.51. The van der Waals surface area contributed by atoms with Gasteiger partial charge in [0.15, 0.2) is 0 Å². The van der Waals surface area contributed by atoms with E-state index < -0.39 is 11.3 Å². The maximum Gasteiger partial charge on any atom is 0.573 e. The van der Waals surface area contributed by atoms with E-state index in [1.807, 2.05) is 24.3 Å². The molecule has 1 atom stereocenters. The van der Waals surface area contributed by atoms with Crippen LogP contribution >= 0.6 is 0 Å². The lowest BCUT2D eigenvalue weighted by atomic mass is 10.0. The SMILES string of the molecule is O=[N+]([O-])c1cn2c(n1)OC[C@H](OCc1cccc(-c3ccc(OC(F)(F)F)cc3)c1)C2. The predicted octanol–water partition coefficient (Wildman–Crippen LogP) is 4.33. The number of aromatic nitrogens is 2. The summed E-state index contributed by atoms with van der Waals surface area (Å²) in [6.45, 7) is 0.855. The molecule has 0 aliphatic carbocycles. The molecule has 31 heavy (non-hydrogen) atoms. The van der Waals surface area contributed by atoms with Crippen molar-refractivity contribution in [3.8, 4) is 22.9 Å². The van der Waals surface area contributed by atoms with Gasteiger partial charge < -0.3 is 24.3 Å². The normalized spacial score (nSPS) is 15.8. The summed E-state index contributed by atoms with van der Waals surface area (Å²) in [5.74, 6) is -0.567. The molecular weight excluding hydrogens is 419 g/mol. The third-order valence-electron chi connectivity index (χ3n) is 4.55. The molecule has 0 amide bonds. The minimum Gasteiger partial charge on any atom is -0.443 e. The van der Waals surface area contributed by atoms with Crippen molar-refractivity contribution in [1.29, 1.82) is 0 Å². The number of benzene rings is 2. The van der Waals surface area contributed by atoms with E-state index in [0.717, 1.165) is 16.7 Å². The van der Waals surface area contributed by atoms with E-state index in [4.69, 9.17) is 9.47 Å². The molecule has 3 aromatic rings. The van der Waals surface area contributed by atoms with Gasteiger partial charge in [0.25, 0.3) is 0 Å². The summed E-state index contributed by atoms with van der Waals surface area (Å²) in [5.41, 5.74) is 2.40. The van der Waals surface area contributed by atoms with Gasteiger partial charge in [-0.25, -0.2) is 0 Å². The highest BCUT2D eigenvalue weighted by Gasteiger charge is 2.31. The topological polar surface area (TPSA) is 88.7 Å². The van der Waals surface area contributed by atoms with Gasteiger partial charge in [-0.1, -0.05) is 30.3 Å². The van der Waals surface area contributed by atoms with Gasteiger partial charge in [0.05, 0.1) is 13.2 Å². The molecule has 0 spiro atoms. The molecule has 162 valence electrons. The van der Waals surface area contributed by atoms with E-state index in [0.29, 0.717) is 6.54 Å². The van der Waals surface area contributed by atoms with Crippen LogP contribution in [0.25, 0.3) is 11.1 Å². The maximum absolute atomic E-state index is 12.3. The van der Waals surface area contributed by atoms with Crippen molar-refractivity contribution in [2.45, 2.75) is 25.6 Å². The molecule has 0 fully saturated rings. The number of rotatable bonds is 6. The first-order valence-corrected chi connectivity index (χ1v) is 9.18. The Morgan fingerprint density at radius 1 is 1.19 bits per heavy atom. The van der Waals surface area contributed by atoms with Crippen molar-refractivity contribution >= 4 is 5.82 Å². The highest BCUT2D eigenvalue weighted by molar-refractivity contribution is 5.64. The largest absolute Gasteiger partial charge is 0.573 e. The molecule has 1 aliphatic heterocycles. The first-order chi connectivity index (χ1) is 14.8. The highest BCUT2D eigenvalue weighted by atomic mass is 19.4. The molecule has 0 N–H and O–H groups in total. The number of hydrogen-bond acceptors (Lipinski definition) is 6. The van der Waals surface area contributed by atoms with Gasteiger partial charge in [-0.05, 0) is 39.8 Å². The molecule has 8 nitrogen and oxygen atoms in total. The number of alkyl halides is 3. The molecule has 0 saturated heterocycles. The van der Waals surface area contributed by atoms with Gasteiger partial charge in [-0.15, -0.1) is 13.2 Å². The molecule has 2 aromatic carbocycles. The molecule has 0 radical (unpaired) electrons. The smallest absolute Gasteiger partial charge is 0.443 e. The lowest BCUT2D eigenvalue weighted by molar-refractivity contribution is -0.389. The number of hydrogen-bond donors (Lipinski definition) is 0. The molecule has 1 aromatic heterocycles. The quantitative estimate of drug-likeness (QED) is 0.423. The van der Waals surface area contributed by atoms with Gasteiger partial charge in [-0.2, -0.15) is 0 Å². The number of fused-ring (bicyclic) bond motifs is 1. The van der Waals surface area contributed by atoms with Gasteiger partial charge in [0.1, 0.15) is 24.7 Å². The zero-order chi connectivity index (χ0) is 22.0. The summed E-state index contributed by atoms with van der Waals surface area (Å²) in [6.07, 6.45) is -3.74. The first-order valence-electron chi connectivity index (χ1n) is 9.18. The fourth-order valence-corrected chi connectivity index (χ4v) is 3.16. The maximum atomic E-state index is 12.3. The number of ether oxygens (including phenoxy) is 3. The number of nitrogens with zero attached hydrogens (tertiary/aromatic N) is 3. The van der Waals surface area contributed by atoms with Crippen LogP contribution in [0.3, 0.4) is 0 Å². The first kappa shape index (κ1) is 20.7. The Balaban J connectivity index is 1.38. The van der Waals surface area contributed by atoms with Crippen molar-refractivity contribution in [1.82, 2.24) is 9.55 Å². The van der Waals surface area contributed by atoms with E-state index in [2.05, 4.69) is 9.72 Å². The third kappa shape index (κ3) is 5.12. The summed E-state index contributed by atoms with van der Waals surface area (Å²) in [5, 5.41) is 10.8. The average molecular weight is 435 g/mol. The zero-order valence-corrected chi connectivity index (χ0v) is 15.9. The minimum absolute atomic E-state index is 0.187.